The summed E-state index contributed by atoms with van der Waals surface area (Å²) in [6, 6.07) is 14.0. The monoisotopic (exact) mass is 389 g/mol. The summed E-state index contributed by atoms with van der Waals surface area (Å²) in [4.78, 5) is 13.0. The summed E-state index contributed by atoms with van der Waals surface area (Å²) >= 11 is 0. The number of aryl methyl sites for hydroxylation is 1. The van der Waals surface area contributed by atoms with Crippen LogP contribution in [0.1, 0.15) is 43.9 Å². The number of amides is 1. The molecular weight excluding hydrogens is 362 g/mol. The summed E-state index contributed by atoms with van der Waals surface area (Å²) in [6.07, 6.45) is 1.82. The smallest absolute Gasteiger partial charge is 0.261 e. The van der Waals surface area contributed by atoms with Crippen LogP contribution in [0.4, 0.5) is 0 Å². The van der Waals surface area contributed by atoms with Crippen LogP contribution in [0.15, 0.2) is 53.4 Å². The third-order valence-corrected chi connectivity index (χ3v) is 5.59. The number of hydrogen-bond acceptors (Lipinski definition) is 4. The van der Waals surface area contributed by atoms with Crippen molar-refractivity contribution in [1.82, 2.24) is 5.32 Å². The summed E-state index contributed by atoms with van der Waals surface area (Å²) in [5.41, 5.74) is 1.84. The van der Waals surface area contributed by atoms with Gasteiger partial charge in [-0.3, -0.25) is 4.79 Å². The third kappa shape index (κ3) is 5.57. The predicted octanol–water partition coefficient (Wildman–Crippen LogP) is 3.82. The molecule has 0 saturated carbocycles. The van der Waals surface area contributed by atoms with Gasteiger partial charge >= 0.3 is 0 Å². The molecule has 2 atom stereocenters. The van der Waals surface area contributed by atoms with E-state index in [1.54, 1.807) is 24.3 Å². The molecule has 1 amide bonds. The number of carbonyl (C=O) groups excluding carboxylic acids is 1. The Balaban J connectivity index is 2.11. The molecule has 0 radical (unpaired) electrons. The Morgan fingerprint density at radius 1 is 1.04 bits per heavy atom. The van der Waals surface area contributed by atoms with Gasteiger partial charge in [0.25, 0.3) is 5.91 Å². The van der Waals surface area contributed by atoms with Crippen LogP contribution >= 0.6 is 0 Å². The second kappa shape index (κ2) is 9.04. The SMILES string of the molecule is CC[C@H](Oc1ccccc1C)C(=O)N[C@H](CC)c1ccc(S(C)(=O)=O)cc1. The van der Waals surface area contributed by atoms with Crippen molar-refractivity contribution in [3.05, 3.63) is 59.7 Å². The van der Waals surface area contributed by atoms with Gasteiger partial charge < -0.3 is 10.1 Å². The van der Waals surface area contributed by atoms with E-state index in [2.05, 4.69) is 5.32 Å². The minimum Gasteiger partial charge on any atom is -0.480 e. The van der Waals surface area contributed by atoms with E-state index in [4.69, 9.17) is 4.74 Å². The molecule has 0 saturated heterocycles. The molecule has 0 aliphatic heterocycles. The van der Waals surface area contributed by atoms with Crippen molar-refractivity contribution in [1.29, 1.82) is 0 Å². The Labute approximate surface area is 161 Å². The number of rotatable bonds is 8. The van der Waals surface area contributed by atoms with Crippen LogP contribution in [-0.4, -0.2) is 26.7 Å². The molecule has 0 bridgehead atoms. The molecule has 0 aliphatic carbocycles. The molecule has 2 aromatic rings. The van der Waals surface area contributed by atoms with Crippen LogP contribution in [0, 0.1) is 6.92 Å². The fourth-order valence-electron chi connectivity index (χ4n) is 2.80. The van der Waals surface area contributed by atoms with E-state index >= 15 is 0 Å². The fraction of sp³-hybridized carbons (Fsp3) is 0.381. The summed E-state index contributed by atoms with van der Waals surface area (Å²) in [5.74, 6) is 0.518. The number of sulfone groups is 1. The minimum atomic E-state index is -3.24. The van der Waals surface area contributed by atoms with E-state index in [1.165, 1.54) is 6.26 Å². The first kappa shape index (κ1) is 21.0. The first-order chi connectivity index (χ1) is 12.8. The van der Waals surface area contributed by atoms with Crippen LogP contribution in [0.25, 0.3) is 0 Å². The van der Waals surface area contributed by atoms with Crippen LogP contribution in [0.2, 0.25) is 0 Å². The number of carbonyl (C=O) groups is 1. The molecule has 0 heterocycles. The molecule has 5 nitrogen and oxygen atoms in total. The van der Waals surface area contributed by atoms with Crippen LogP contribution in [0.5, 0.6) is 5.75 Å². The first-order valence-electron chi connectivity index (χ1n) is 9.09. The maximum atomic E-state index is 12.7. The highest BCUT2D eigenvalue weighted by atomic mass is 32.2. The Hall–Kier alpha value is -2.34. The Kier molecular flexibility index (Phi) is 7.02. The van der Waals surface area contributed by atoms with Gasteiger partial charge in [-0.1, -0.05) is 44.2 Å². The van der Waals surface area contributed by atoms with E-state index < -0.39 is 15.9 Å². The van der Waals surface area contributed by atoms with Crippen molar-refractivity contribution < 1.29 is 17.9 Å². The summed E-state index contributed by atoms with van der Waals surface area (Å²) in [6.45, 7) is 5.82. The van der Waals surface area contributed by atoms with Gasteiger partial charge in [-0.05, 0) is 49.1 Å². The standard InChI is InChI=1S/C21H27NO4S/c1-5-18(16-11-13-17(14-12-16)27(4,24)25)22-21(23)19(6-2)26-20-10-8-7-9-15(20)3/h7-14,18-19H,5-6H2,1-4H3,(H,22,23)/t18-,19+/m1/s1. The number of nitrogens with one attached hydrogen (secondary N) is 1. The second-order valence-electron chi connectivity index (χ2n) is 6.59. The van der Waals surface area contributed by atoms with E-state index in [0.29, 0.717) is 18.6 Å². The van der Waals surface area contributed by atoms with E-state index in [1.807, 2.05) is 45.0 Å². The molecule has 27 heavy (non-hydrogen) atoms. The van der Waals surface area contributed by atoms with Gasteiger partial charge in [0.05, 0.1) is 10.9 Å². The lowest BCUT2D eigenvalue weighted by molar-refractivity contribution is -0.129. The maximum Gasteiger partial charge on any atom is 0.261 e. The van der Waals surface area contributed by atoms with Crippen LogP contribution in [-0.2, 0) is 14.6 Å². The predicted molar refractivity (Wildman–Crippen MR) is 107 cm³/mol. The summed E-state index contributed by atoms with van der Waals surface area (Å²) in [5, 5.41) is 3.02. The van der Waals surface area contributed by atoms with Gasteiger partial charge in [-0.15, -0.1) is 0 Å². The highest BCUT2D eigenvalue weighted by Gasteiger charge is 2.22. The highest BCUT2D eigenvalue weighted by Crippen LogP contribution is 2.22. The lowest BCUT2D eigenvalue weighted by atomic mass is 10.0. The molecule has 6 heteroatoms. The van der Waals surface area contributed by atoms with E-state index in [-0.39, 0.29) is 16.8 Å². The molecule has 0 aliphatic rings. The largest absolute Gasteiger partial charge is 0.480 e. The molecule has 2 aromatic carbocycles. The van der Waals surface area contributed by atoms with E-state index in [0.717, 1.165) is 11.1 Å². The lowest BCUT2D eigenvalue weighted by Gasteiger charge is -2.23. The Morgan fingerprint density at radius 3 is 2.19 bits per heavy atom. The zero-order chi connectivity index (χ0) is 20.0. The van der Waals surface area contributed by atoms with Crippen LogP contribution in [0.3, 0.4) is 0 Å². The van der Waals surface area contributed by atoms with Crippen molar-refractivity contribution in [2.24, 2.45) is 0 Å². The topological polar surface area (TPSA) is 72.5 Å². The summed E-state index contributed by atoms with van der Waals surface area (Å²) in [7, 11) is -3.24. The third-order valence-electron chi connectivity index (χ3n) is 4.46. The van der Waals surface area contributed by atoms with Gasteiger partial charge in [0.2, 0.25) is 0 Å². The van der Waals surface area contributed by atoms with Gasteiger partial charge in [-0.2, -0.15) is 0 Å². The molecule has 0 unspecified atom stereocenters. The molecular formula is C21H27NO4S. The van der Waals surface area contributed by atoms with Gasteiger partial charge in [-0.25, -0.2) is 8.42 Å². The molecule has 146 valence electrons. The molecule has 0 aromatic heterocycles. The van der Waals surface area contributed by atoms with Gasteiger partial charge in [0, 0.05) is 6.26 Å². The number of benzene rings is 2. The molecule has 1 N–H and O–H groups in total. The van der Waals surface area contributed by atoms with Gasteiger partial charge in [0.15, 0.2) is 15.9 Å². The Morgan fingerprint density at radius 2 is 1.67 bits per heavy atom. The summed E-state index contributed by atoms with van der Waals surface area (Å²) < 4.78 is 29.1. The molecule has 0 spiro atoms. The quantitative estimate of drug-likeness (QED) is 0.745. The normalized spacial score (nSPS) is 13.6. The lowest BCUT2D eigenvalue weighted by Crippen LogP contribution is -2.40. The van der Waals surface area contributed by atoms with Crippen molar-refractivity contribution in [3.8, 4) is 5.75 Å². The molecule has 2 rings (SSSR count). The van der Waals surface area contributed by atoms with Crippen molar-refractivity contribution in [3.63, 3.8) is 0 Å². The highest BCUT2D eigenvalue weighted by molar-refractivity contribution is 7.90. The number of para-hydroxylation sites is 1. The van der Waals surface area contributed by atoms with Crippen molar-refractivity contribution >= 4 is 15.7 Å². The second-order valence-corrected chi connectivity index (χ2v) is 8.61. The number of hydrogen-bond donors (Lipinski definition) is 1. The molecule has 0 fully saturated rings. The average Bonchev–Trinajstić information content (AvgIpc) is 2.64. The minimum absolute atomic E-state index is 0.181. The maximum absolute atomic E-state index is 12.7. The van der Waals surface area contributed by atoms with Gasteiger partial charge in [0.1, 0.15) is 5.75 Å². The first-order valence-corrected chi connectivity index (χ1v) is 11.0. The Bertz CT molecular complexity index is 875. The average molecular weight is 390 g/mol. The van der Waals surface area contributed by atoms with E-state index in [9.17, 15) is 13.2 Å². The fourth-order valence-corrected chi connectivity index (χ4v) is 3.43. The zero-order valence-corrected chi connectivity index (χ0v) is 17.0. The van der Waals surface area contributed by atoms with Crippen molar-refractivity contribution in [2.45, 2.75) is 50.7 Å². The number of ether oxygens (including phenoxy) is 1. The van der Waals surface area contributed by atoms with Crippen molar-refractivity contribution in [2.75, 3.05) is 6.26 Å². The van der Waals surface area contributed by atoms with Crippen LogP contribution < -0.4 is 10.1 Å². The zero-order valence-electron chi connectivity index (χ0n) is 16.2.